The van der Waals surface area contributed by atoms with Crippen molar-refractivity contribution in [2.24, 2.45) is 5.92 Å². The highest BCUT2D eigenvalue weighted by Crippen LogP contribution is 2.37. The lowest BCUT2D eigenvalue weighted by molar-refractivity contribution is 0.281. The van der Waals surface area contributed by atoms with Gasteiger partial charge in [-0.1, -0.05) is 0 Å². The molecule has 1 aliphatic rings. The summed E-state index contributed by atoms with van der Waals surface area (Å²) in [5, 5.41) is 16.7. The van der Waals surface area contributed by atoms with Crippen LogP contribution >= 0.6 is 22.6 Å². The zero-order valence-corrected chi connectivity index (χ0v) is 12.0. The molecule has 0 radical (unpaired) electrons. The molecule has 0 atom stereocenters. The number of hydrogen-bond acceptors (Lipinski definition) is 2. The molecule has 0 saturated heterocycles. The second-order valence-electron chi connectivity index (χ2n) is 4.51. The zero-order chi connectivity index (χ0) is 12.4. The first-order valence-corrected chi connectivity index (χ1v) is 6.85. The van der Waals surface area contributed by atoms with Crippen LogP contribution in [0.3, 0.4) is 0 Å². The Bertz CT molecular complexity index is 475. The maximum atomic E-state index is 9.22. The molecule has 17 heavy (non-hydrogen) atoms. The molecule has 90 valence electrons. The second-order valence-corrected chi connectivity index (χ2v) is 5.68. The summed E-state index contributed by atoms with van der Waals surface area (Å²) in [7, 11) is 0. The van der Waals surface area contributed by atoms with E-state index in [0.29, 0.717) is 5.92 Å². The predicted molar refractivity (Wildman–Crippen MR) is 79.3 cm³/mol. The van der Waals surface area contributed by atoms with Gasteiger partial charge in [0, 0.05) is 9.78 Å². The van der Waals surface area contributed by atoms with Crippen LogP contribution in [0.5, 0.6) is 0 Å². The summed E-state index contributed by atoms with van der Waals surface area (Å²) in [5.74, 6) is 0.586. The Balaban J connectivity index is 2.42. The first-order chi connectivity index (χ1) is 8.15. The summed E-state index contributed by atoms with van der Waals surface area (Å²) in [5.41, 5.74) is 4.40. The number of rotatable bonds is 4. The van der Waals surface area contributed by atoms with E-state index < -0.39 is 0 Å². The van der Waals surface area contributed by atoms with Gasteiger partial charge in [-0.05, 0) is 88.7 Å². The molecule has 1 aromatic carbocycles. The van der Waals surface area contributed by atoms with E-state index in [0.717, 1.165) is 16.7 Å². The lowest BCUT2D eigenvalue weighted by Gasteiger charge is -2.08. The molecule has 3 heteroatoms. The van der Waals surface area contributed by atoms with Gasteiger partial charge in [0.25, 0.3) is 0 Å². The van der Waals surface area contributed by atoms with Crippen LogP contribution in [-0.4, -0.2) is 11.3 Å². The summed E-state index contributed by atoms with van der Waals surface area (Å²) >= 11 is 2.29. The van der Waals surface area contributed by atoms with Gasteiger partial charge in [-0.2, -0.15) is 0 Å². The summed E-state index contributed by atoms with van der Waals surface area (Å²) in [6, 6.07) is 4.03. The first kappa shape index (κ1) is 12.8. The van der Waals surface area contributed by atoms with Crippen molar-refractivity contribution in [3.8, 4) is 0 Å². The number of aliphatic hydroxyl groups excluding tert-OH is 1. The van der Waals surface area contributed by atoms with Crippen molar-refractivity contribution < 1.29 is 5.11 Å². The smallest absolute Gasteiger partial charge is 0.0682 e. The van der Waals surface area contributed by atoms with Crippen LogP contribution in [0, 0.1) is 21.8 Å². The van der Waals surface area contributed by atoms with Crippen molar-refractivity contribution in [3.05, 3.63) is 38.0 Å². The van der Waals surface area contributed by atoms with Gasteiger partial charge in [-0.3, -0.25) is 0 Å². The lowest BCUT2D eigenvalue weighted by Crippen LogP contribution is -1.94. The van der Waals surface area contributed by atoms with Gasteiger partial charge >= 0.3 is 0 Å². The van der Waals surface area contributed by atoms with Crippen LogP contribution in [0.25, 0.3) is 6.08 Å². The Labute approximate surface area is 115 Å². The Morgan fingerprint density at radius 1 is 1.53 bits per heavy atom. The lowest BCUT2D eigenvalue weighted by atomic mass is 10.0. The van der Waals surface area contributed by atoms with E-state index in [9.17, 15) is 5.11 Å². The SMILES string of the molecule is Cc1c(I)cc(CO)cc1/C=C(\C=N)C1CC1. The van der Waals surface area contributed by atoms with E-state index in [1.54, 1.807) is 0 Å². The number of halogens is 1. The molecule has 2 rings (SSSR count). The van der Waals surface area contributed by atoms with Gasteiger partial charge in [-0.25, -0.2) is 0 Å². The highest BCUT2D eigenvalue weighted by molar-refractivity contribution is 14.1. The third-order valence-corrected chi connectivity index (χ3v) is 4.28. The third kappa shape index (κ3) is 2.96. The molecule has 1 aromatic rings. The number of aliphatic hydroxyl groups is 1. The molecule has 1 aliphatic carbocycles. The van der Waals surface area contributed by atoms with Crippen molar-refractivity contribution in [2.45, 2.75) is 26.4 Å². The molecule has 2 N–H and O–H groups in total. The van der Waals surface area contributed by atoms with Gasteiger partial charge in [0.1, 0.15) is 0 Å². The van der Waals surface area contributed by atoms with Crippen molar-refractivity contribution in [3.63, 3.8) is 0 Å². The topological polar surface area (TPSA) is 44.1 Å². The van der Waals surface area contributed by atoms with E-state index in [2.05, 4.69) is 35.6 Å². The van der Waals surface area contributed by atoms with Crippen LogP contribution in [-0.2, 0) is 6.61 Å². The standard InChI is InChI=1S/C14H16INO/c1-9-12(4-10(8-17)5-14(9)15)6-13(7-16)11-2-3-11/h4-7,11,16-17H,2-3,8H2,1H3/b13-6+,16-7?. The fourth-order valence-corrected chi connectivity index (χ4v) is 2.58. The molecule has 0 unspecified atom stereocenters. The fourth-order valence-electron chi connectivity index (χ4n) is 1.87. The van der Waals surface area contributed by atoms with Gasteiger partial charge in [0.15, 0.2) is 0 Å². The summed E-state index contributed by atoms with van der Waals surface area (Å²) in [4.78, 5) is 0. The number of allylic oxidation sites excluding steroid dienone is 1. The molecule has 2 nitrogen and oxygen atoms in total. The molecular formula is C14H16INO. The monoisotopic (exact) mass is 341 g/mol. The third-order valence-electron chi connectivity index (χ3n) is 3.16. The van der Waals surface area contributed by atoms with Crippen molar-refractivity contribution in [2.75, 3.05) is 0 Å². The summed E-state index contributed by atoms with van der Waals surface area (Å²) < 4.78 is 1.17. The quantitative estimate of drug-likeness (QED) is 0.639. The van der Waals surface area contributed by atoms with Gasteiger partial charge in [0.05, 0.1) is 6.61 Å². The van der Waals surface area contributed by atoms with Gasteiger partial charge in [0.2, 0.25) is 0 Å². The molecule has 1 saturated carbocycles. The van der Waals surface area contributed by atoms with E-state index in [-0.39, 0.29) is 6.61 Å². The Kier molecular flexibility index (Phi) is 3.99. The van der Waals surface area contributed by atoms with Crippen molar-refractivity contribution >= 4 is 34.9 Å². The molecule has 0 aliphatic heterocycles. The molecule has 0 spiro atoms. The normalized spacial score (nSPS) is 16.1. The van der Waals surface area contributed by atoms with E-state index in [1.807, 2.05) is 12.1 Å². The second kappa shape index (κ2) is 5.31. The average molecular weight is 341 g/mol. The average Bonchev–Trinajstić information content (AvgIpc) is 3.15. The number of hydrogen-bond donors (Lipinski definition) is 2. The number of benzene rings is 1. The van der Waals surface area contributed by atoms with Gasteiger partial charge in [-0.15, -0.1) is 0 Å². The predicted octanol–water partition coefficient (Wildman–Crippen LogP) is 3.53. The number of nitrogens with one attached hydrogen (secondary N) is 1. The van der Waals surface area contributed by atoms with Crippen LogP contribution in [0.4, 0.5) is 0 Å². The minimum Gasteiger partial charge on any atom is -0.392 e. The van der Waals surface area contributed by atoms with E-state index in [4.69, 9.17) is 5.41 Å². The molecular weight excluding hydrogens is 325 g/mol. The Hall–Kier alpha value is -0.680. The minimum atomic E-state index is 0.0699. The Morgan fingerprint density at radius 3 is 2.76 bits per heavy atom. The van der Waals surface area contributed by atoms with Crippen molar-refractivity contribution in [1.29, 1.82) is 5.41 Å². The van der Waals surface area contributed by atoms with Gasteiger partial charge < -0.3 is 10.5 Å². The molecule has 1 fully saturated rings. The van der Waals surface area contributed by atoms with Crippen LogP contribution in [0.1, 0.15) is 29.5 Å². The first-order valence-electron chi connectivity index (χ1n) is 5.77. The zero-order valence-electron chi connectivity index (χ0n) is 9.83. The fraction of sp³-hybridized carbons (Fsp3) is 0.357. The van der Waals surface area contributed by atoms with Crippen molar-refractivity contribution in [1.82, 2.24) is 0 Å². The molecule has 0 aromatic heterocycles. The largest absolute Gasteiger partial charge is 0.392 e. The van der Waals surface area contributed by atoms with Crippen LogP contribution < -0.4 is 0 Å². The molecule has 0 bridgehead atoms. The minimum absolute atomic E-state index is 0.0699. The summed E-state index contributed by atoms with van der Waals surface area (Å²) in [6.45, 7) is 2.16. The summed E-state index contributed by atoms with van der Waals surface area (Å²) in [6.07, 6.45) is 5.98. The molecule has 0 amide bonds. The van der Waals surface area contributed by atoms with Crippen LogP contribution in [0.2, 0.25) is 0 Å². The van der Waals surface area contributed by atoms with Crippen LogP contribution in [0.15, 0.2) is 17.7 Å². The molecule has 0 heterocycles. The maximum Gasteiger partial charge on any atom is 0.0682 e. The highest BCUT2D eigenvalue weighted by Gasteiger charge is 2.24. The highest BCUT2D eigenvalue weighted by atomic mass is 127. The maximum absolute atomic E-state index is 9.22. The van der Waals surface area contributed by atoms with E-state index >= 15 is 0 Å². The van der Waals surface area contributed by atoms with E-state index in [1.165, 1.54) is 28.2 Å². The Morgan fingerprint density at radius 2 is 2.24 bits per heavy atom.